The largest absolute Gasteiger partial charge is 0.480 e. The molecule has 1 amide bonds. The molecule has 0 radical (unpaired) electrons. The van der Waals surface area contributed by atoms with Crippen molar-refractivity contribution in [2.24, 2.45) is 17.4 Å². The minimum absolute atomic E-state index is 0.0639. The maximum atomic E-state index is 12.0. The molecule has 3 atom stereocenters. The van der Waals surface area contributed by atoms with Crippen LogP contribution in [0.3, 0.4) is 0 Å². The topological polar surface area (TPSA) is 170 Å². The number of nitrogens with two attached hydrogens (primary N) is 2. The smallest absolute Gasteiger partial charge is 0.451 e. The van der Waals surface area contributed by atoms with Gasteiger partial charge in [-0.2, -0.15) is 0 Å². The van der Waals surface area contributed by atoms with E-state index in [9.17, 15) is 14.7 Å². The van der Waals surface area contributed by atoms with Gasteiger partial charge in [-0.1, -0.05) is 6.42 Å². The van der Waals surface area contributed by atoms with Gasteiger partial charge in [-0.05, 0) is 18.7 Å². The van der Waals surface area contributed by atoms with Gasteiger partial charge in [-0.3, -0.25) is 9.59 Å². The summed E-state index contributed by atoms with van der Waals surface area (Å²) >= 11 is 0. The minimum atomic E-state index is -1.60. The number of aliphatic hydroxyl groups is 1. The van der Waals surface area contributed by atoms with E-state index < -0.39 is 37.2 Å². The van der Waals surface area contributed by atoms with Crippen molar-refractivity contribution < 1.29 is 29.9 Å². The Kier molecular flexibility index (Phi) is 6.11. The van der Waals surface area contributed by atoms with Gasteiger partial charge in [0, 0.05) is 13.1 Å². The highest BCUT2D eigenvalue weighted by atomic mass is 16.4. The van der Waals surface area contributed by atoms with Crippen LogP contribution >= 0.6 is 0 Å². The first-order valence-corrected chi connectivity index (χ1v) is 6.73. The van der Waals surface area contributed by atoms with Crippen LogP contribution in [0.5, 0.6) is 0 Å². The Morgan fingerprint density at radius 1 is 1.43 bits per heavy atom. The molecule has 1 aliphatic rings. The summed E-state index contributed by atoms with van der Waals surface area (Å²) in [7, 11) is -1.49. The van der Waals surface area contributed by atoms with Crippen LogP contribution in [0, 0.1) is 5.92 Å². The lowest BCUT2D eigenvalue weighted by Crippen LogP contribution is -2.64. The van der Waals surface area contributed by atoms with E-state index in [1.54, 1.807) is 0 Å². The molecule has 10 heteroatoms. The van der Waals surface area contributed by atoms with Crippen molar-refractivity contribution in [1.82, 2.24) is 4.90 Å². The summed E-state index contributed by atoms with van der Waals surface area (Å²) in [6, 6.07) is -1.12. The van der Waals surface area contributed by atoms with Crippen molar-refractivity contribution in [1.29, 1.82) is 0 Å². The molecule has 0 aromatic carbocycles. The second-order valence-corrected chi connectivity index (χ2v) is 5.60. The normalized spacial score (nSPS) is 27.3. The second kappa shape index (κ2) is 7.18. The summed E-state index contributed by atoms with van der Waals surface area (Å²) < 4.78 is 0. The summed E-state index contributed by atoms with van der Waals surface area (Å²) in [6.45, 7) is -0.501. The molecular formula is C11H22BN3O6. The highest BCUT2D eigenvalue weighted by Gasteiger charge is 2.44. The van der Waals surface area contributed by atoms with Gasteiger partial charge in [0.1, 0.15) is 11.6 Å². The number of amides is 1. The molecule has 1 aliphatic heterocycles. The first kappa shape index (κ1) is 17.9. The average molecular weight is 303 g/mol. The van der Waals surface area contributed by atoms with Crippen molar-refractivity contribution in [2.45, 2.75) is 30.7 Å². The van der Waals surface area contributed by atoms with Crippen LogP contribution in [-0.2, 0) is 9.59 Å². The number of carboxylic acid groups (broad SMARTS) is 1. The van der Waals surface area contributed by atoms with Gasteiger partial charge in [0.05, 0.1) is 6.61 Å². The molecule has 9 nitrogen and oxygen atoms in total. The van der Waals surface area contributed by atoms with E-state index in [-0.39, 0.29) is 31.7 Å². The highest BCUT2D eigenvalue weighted by molar-refractivity contribution is 6.40. The third-order valence-electron chi connectivity index (χ3n) is 3.69. The lowest BCUT2D eigenvalue weighted by molar-refractivity contribution is -0.149. The van der Waals surface area contributed by atoms with E-state index in [4.69, 9.17) is 26.6 Å². The second-order valence-electron chi connectivity index (χ2n) is 5.60. The number of carboxylic acids is 1. The first-order chi connectivity index (χ1) is 9.69. The van der Waals surface area contributed by atoms with E-state index in [0.29, 0.717) is 6.42 Å². The molecule has 1 rings (SSSR count). The van der Waals surface area contributed by atoms with Crippen LogP contribution in [-0.4, -0.2) is 75.4 Å². The number of hydrogen-bond donors (Lipinski definition) is 6. The van der Waals surface area contributed by atoms with E-state index in [2.05, 4.69) is 0 Å². The van der Waals surface area contributed by atoms with Crippen LogP contribution in [0.1, 0.15) is 12.8 Å². The van der Waals surface area contributed by atoms with Crippen LogP contribution < -0.4 is 11.5 Å². The first-order valence-electron chi connectivity index (χ1n) is 6.73. The lowest BCUT2D eigenvalue weighted by atomic mass is 9.75. The van der Waals surface area contributed by atoms with Gasteiger partial charge >= 0.3 is 13.1 Å². The number of piperidine rings is 1. The van der Waals surface area contributed by atoms with Gasteiger partial charge in [-0.15, -0.1) is 0 Å². The third-order valence-corrected chi connectivity index (χ3v) is 3.69. The highest BCUT2D eigenvalue weighted by Crippen LogP contribution is 2.28. The standard InChI is InChI=1S/C11H22BN3O6/c13-8(5-16)9(17)15-4-7(1-2-12(20)21)3-11(14,6-15)10(18)19/h7-8,16,20-21H,1-6,13-14H2,(H,18,19)/t7-,8?,11+/m0/s1. The Labute approximate surface area is 122 Å². The number of carbonyl (C=O) groups excluding carboxylic acids is 1. The molecule has 1 unspecified atom stereocenters. The van der Waals surface area contributed by atoms with Crippen molar-refractivity contribution in [3.05, 3.63) is 0 Å². The Hall–Kier alpha value is -1.20. The van der Waals surface area contributed by atoms with E-state index in [1.807, 2.05) is 0 Å². The van der Waals surface area contributed by atoms with Crippen molar-refractivity contribution in [3.63, 3.8) is 0 Å². The lowest BCUT2D eigenvalue weighted by Gasteiger charge is -2.42. The number of rotatable bonds is 6. The molecular weight excluding hydrogens is 281 g/mol. The van der Waals surface area contributed by atoms with Gasteiger partial charge in [0.2, 0.25) is 5.91 Å². The average Bonchev–Trinajstić information content (AvgIpc) is 2.42. The zero-order chi connectivity index (χ0) is 16.2. The Morgan fingerprint density at radius 2 is 2.05 bits per heavy atom. The Bertz CT molecular complexity index is 396. The molecule has 0 saturated carbocycles. The molecule has 21 heavy (non-hydrogen) atoms. The molecule has 1 saturated heterocycles. The fourth-order valence-electron chi connectivity index (χ4n) is 2.57. The number of nitrogens with zero attached hydrogens (tertiary/aromatic N) is 1. The van der Waals surface area contributed by atoms with Crippen LogP contribution in [0.15, 0.2) is 0 Å². The molecule has 120 valence electrons. The van der Waals surface area contributed by atoms with Gasteiger partial charge in [0.25, 0.3) is 0 Å². The molecule has 8 N–H and O–H groups in total. The molecule has 0 aromatic rings. The molecule has 0 spiro atoms. The third kappa shape index (κ3) is 4.65. The maximum absolute atomic E-state index is 12.0. The number of aliphatic carboxylic acids is 1. The monoisotopic (exact) mass is 303 g/mol. The van der Waals surface area contributed by atoms with Crippen molar-refractivity contribution in [2.75, 3.05) is 19.7 Å². The fourth-order valence-corrected chi connectivity index (χ4v) is 2.57. The van der Waals surface area contributed by atoms with E-state index >= 15 is 0 Å². The number of hydrogen-bond acceptors (Lipinski definition) is 7. The number of aliphatic hydroxyl groups excluding tert-OH is 1. The predicted molar refractivity (Wildman–Crippen MR) is 73.9 cm³/mol. The zero-order valence-corrected chi connectivity index (χ0v) is 11.7. The van der Waals surface area contributed by atoms with E-state index in [0.717, 1.165) is 0 Å². The van der Waals surface area contributed by atoms with Crippen LogP contribution in [0.25, 0.3) is 0 Å². The summed E-state index contributed by atoms with van der Waals surface area (Å²) in [4.78, 5) is 24.6. The molecule has 1 fully saturated rings. The fraction of sp³-hybridized carbons (Fsp3) is 0.818. The summed E-state index contributed by atoms with van der Waals surface area (Å²) in [5.41, 5.74) is 9.71. The van der Waals surface area contributed by atoms with Gasteiger partial charge in [-0.25, -0.2) is 0 Å². The van der Waals surface area contributed by atoms with Crippen molar-refractivity contribution in [3.8, 4) is 0 Å². The molecule has 0 aliphatic carbocycles. The van der Waals surface area contributed by atoms with Gasteiger partial charge < -0.3 is 36.6 Å². The summed E-state index contributed by atoms with van der Waals surface area (Å²) in [5, 5.41) is 36.0. The Morgan fingerprint density at radius 3 is 2.52 bits per heavy atom. The minimum Gasteiger partial charge on any atom is -0.480 e. The molecule has 0 aromatic heterocycles. The summed E-state index contributed by atoms with van der Waals surface area (Å²) in [5.74, 6) is -2.08. The quantitative estimate of drug-likeness (QED) is 0.278. The number of likely N-dealkylation sites (tertiary alicyclic amines) is 1. The zero-order valence-electron chi connectivity index (χ0n) is 11.7. The van der Waals surface area contributed by atoms with Crippen LogP contribution in [0.4, 0.5) is 0 Å². The summed E-state index contributed by atoms with van der Waals surface area (Å²) in [6.07, 6.45) is 0.518. The van der Waals surface area contributed by atoms with Crippen LogP contribution in [0.2, 0.25) is 6.32 Å². The maximum Gasteiger partial charge on any atom is 0.451 e. The SMILES string of the molecule is NC(CO)C(=O)N1C[C@@H](CCB(O)O)C[C@](N)(C(=O)O)C1. The van der Waals surface area contributed by atoms with Gasteiger partial charge in [0.15, 0.2) is 0 Å². The number of carbonyl (C=O) groups is 2. The molecule has 1 heterocycles. The Balaban J connectivity index is 2.84. The molecule has 0 bridgehead atoms. The van der Waals surface area contributed by atoms with E-state index in [1.165, 1.54) is 4.90 Å². The predicted octanol–water partition coefficient (Wildman–Crippen LogP) is -3.20. The van der Waals surface area contributed by atoms with Crippen molar-refractivity contribution >= 4 is 19.0 Å².